The number of ether oxygens (including phenoxy) is 1. The minimum absolute atomic E-state index is 0.247. The minimum Gasteiger partial charge on any atom is -0.486 e. The monoisotopic (exact) mass is 352 g/mol. The SMILES string of the molecule is Cn1ncc2c(Cl)nc(COc3cccc(Br)c3)nc21. The van der Waals surface area contributed by atoms with Gasteiger partial charge in [-0.3, -0.25) is 4.68 Å². The molecule has 0 fully saturated rings. The maximum atomic E-state index is 6.12. The van der Waals surface area contributed by atoms with E-state index in [-0.39, 0.29) is 6.61 Å². The molecule has 2 aromatic heterocycles. The number of benzene rings is 1. The second kappa shape index (κ2) is 5.38. The standard InChI is InChI=1S/C13H10BrClN4O/c1-19-13-10(6-16-19)12(15)17-11(18-13)7-20-9-4-2-3-8(14)5-9/h2-6H,7H2,1H3. The lowest BCUT2D eigenvalue weighted by Crippen LogP contribution is -2.03. The van der Waals surface area contributed by atoms with Gasteiger partial charge in [-0.05, 0) is 18.2 Å². The van der Waals surface area contributed by atoms with Gasteiger partial charge < -0.3 is 4.74 Å². The smallest absolute Gasteiger partial charge is 0.170 e. The average molecular weight is 354 g/mol. The summed E-state index contributed by atoms with van der Waals surface area (Å²) in [6.45, 7) is 0.247. The molecule has 0 bridgehead atoms. The molecule has 3 rings (SSSR count). The van der Waals surface area contributed by atoms with Crippen LogP contribution in [0.15, 0.2) is 34.9 Å². The Kier molecular flexibility index (Phi) is 3.58. The predicted molar refractivity (Wildman–Crippen MR) is 79.8 cm³/mol. The highest BCUT2D eigenvalue weighted by Crippen LogP contribution is 2.21. The normalized spacial score (nSPS) is 10.9. The lowest BCUT2D eigenvalue weighted by atomic mass is 10.3. The number of aromatic nitrogens is 4. The minimum atomic E-state index is 0.247. The topological polar surface area (TPSA) is 52.8 Å². The highest BCUT2D eigenvalue weighted by Gasteiger charge is 2.10. The summed E-state index contributed by atoms with van der Waals surface area (Å²) in [6.07, 6.45) is 1.65. The van der Waals surface area contributed by atoms with E-state index >= 15 is 0 Å². The van der Waals surface area contributed by atoms with Gasteiger partial charge in [-0.25, -0.2) is 9.97 Å². The van der Waals surface area contributed by atoms with Crippen molar-refractivity contribution in [3.8, 4) is 5.75 Å². The van der Waals surface area contributed by atoms with Crippen LogP contribution < -0.4 is 4.74 Å². The summed E-state index contributed by atoms with van der Waals surface area (Å²) in [5.74, 6) is 1.26. The molecule has 0 aliphatic carbocycles. The zero-order valence-electron chi connectivity index (χ0n) is 10.5. The third kappa shape index (κ3) is 2.62. The Balaban J connectivity index is 1.86. The number of aryl methyl sites for hydroxylation is 1. The molecule has 102 valence electrons. The van der Waals surface area contributed by atoms with Crippen LogP contribution in [0.1, 0.15) is 5.82 Å². The van der Waals surface area contributed by atoms with Crippen LogP contribution in [0.2, 0.25) is 5.15 Å². The van der Waals surface area contributed by atoms with Crippen molar-refractivity contribution in [2.75, 3.05) is 0 Å². The first-order chi connectivity index (χ1) is 9.63. The van der Waals surface area contributed by atoms with E-state index in [1.165, 1.54) is 0 Å². The summed E-state index contributed by atoms with van der Waals surface area (Å²) in [5.41, 5.74) is 0.692. The van der Waals surface area contributed by atoms with Crippen LogP contribution in [0.4, 0.5) is 0 Å². The number of nitrogens with zero attached hydrogens (tertiary/aromatic N) is 4. The van der Waals surface area contributed by atoms with E-state index in [2.05, 4.69) is 31.0 Å². The molecular weight excluding hydrogens is 344 g/mol. The molecule has 20 heavy (non-hydrogen) atoms. The van der Waals surface area contributed by atoms with E-state index < -0.39 is 0 Å². The molecule has 3 aromatic rings. The first-order valence-corrected chi connectivity index (χ1v) is 7.03. The summed E-state index contributed by atoms with van der Waals surface area (Å²) in [7, 11) is 1.81. The van der Waals surface area contributed by atoms with Crippen LogP contribution in [0.5, 0.6) is 5.75 Å². The average Bonchev–Trinajstić information content (AvgIpc) is 2.79. The van der Waals surface area contributed by atoms with Gasteiger partial charge in [-0.2, -0.15) is 5.10 Å². The van der Waals surface area contributed by atoms with Gasteiger partial charge in [0.15, 0.2) is 11.5 Å². The van der Waals surface area contributed by atoms with Gasteiger partial charge in [0.05, 0.1) is 11.6 Å². The van der Waals surface area contributed by atoms with E-state index in [4.69, 9.17) is 16.3 Å². The van der Waals surface area contributed by atoms with Gasteiger partial charge in [0, 0.05) is 11.5 Å². The lowest BCUT2D eigenvalue weighted by molar-refractivity contribution is 0.296. The zero-order valence-corrected chi connectivity index (χ0v) is 12.9. The molecule has 7 heteroatoms. The molecule has 0 N–H and O–H groups in total. The number of fused-ring (bicyclic) bond motifs is 1. The van der Waals surface area contributed by atoms with Crippen molar-refractivity contribution in [2.24, 2.45) is 7.05 Å². The van der Waals surface area contributed by atoms with Gasteiger partial charge >= 0.3 is 0 Å². The van der Waals surface area contributed by atoms with Crippen molar-refractivity contribution in [2.45, 2.75) is 6.61 Å². The van der Waals surface area contributed by atoms with Gasteiger partial charge in [-0.1, -0.05) is 33.6 Å². The molecule has 0 radical (unpaired) electrons. The number of hydrogen-bond donors (Lipinski definition) is 0. The lowest BCUT2D eigenvalue weighted by Gasteiger charge is -2.06. The number of halogens is 2. The molecule has 0 amide bonds. The van der Waals surface area contributed by atoms with E-state index in [9.17, 15) is 0 Å². The molecule has 0 aliphatic heterocycles. The molecule has 2 heterocycles. The summed E-state index contributed by atoms with van der Waals surface area (Å²) in [5, 5.41) is 5.23. The van der Waals surface area contributed by atoms with Crippen LogP contribution >= 0.6 is 27.5 Å². The Hall–Kier alpha value is -1.66. The maximum Gasteiger partial charge on any atom is 0.170 e. The second-order valence-electron chi connectivity index (χ2n) is 4.18. The highest BCUT2D eigenvalue weighted by atomic mass is 79.9. The predicted octanol–water partition coefficient (Wildman–Crippen LogP) is 3.36. The van der Waals surface area contributed by atoms with Crippen LogP contribution in [0.25, 0.3) is 11.0 Å². The highest BCUT2D eigenvalue weighted by molar-refractivity contribution is 9.10. The van der Waals surface area contributed by atoms with Crippen LogP contribution in [-0.2, 0) is 13.7 Å². The Morgan fingerprint density at radius 2 is 2.20 bits per heavy atom. The van der Waals surface area contributed by atoms with Crippen molar-refractivity contribution in [1.82, 2.24) is 19.7 Å². The van der Waals surface area contributed by atoms with Crippen molar-refractivity contribution in [1.29, 1.82) is 0 Å². The first-order valence-electron chi connectivity index (χ1n) is 5.86. The van der Waals surface area contributed by atoms with Crippen LogP contribution in [-0.4, -0.2) is 19.7 Å². The van der Waals surface area contributed by atoms with Gasteiger partial charge in [-0.15, -0.1) is 0 Å². The van der Waals surface area contributed by atoms with Crippen molar-refractivity contribution in [3.63, 3.8) is 0 Å². The van der Waals surface area contributed by atoms with Crippen LogP contribution in [0, 0.1) is 0 Å². The van der Waals surface area contributed by atoms with Crippen molar-refractivity contribution < 1.29 is 4.74 Å². The Bertz CT molecular complexity index is 774. The van der Waals surface area contributed by atoms with Gasteiger partial charge in [0.2, 0.25) is 0 Å². The van der Waals surface area contributed by atoms with E-state index in [1.54, 1.807) is 10.9 Å². The Morgan fingerprint density at radius 1 is 1.35 bits per heavy atom. The molecule has 0 atom stereocenters. The fourth-order valence-electron chi connectivity index (χ4n) is 1.80. The molecule has 0 unspecified atom stereocenters. The zero-order chi connectivity index (χ0) is 14.1. The number of hydrogen-bond acceptors (Lipinski definition) is 4. The van der Waals surface area contributed by atoms with E-state index in [1.807, 2.05) is 31.3 Å². The van der Waals surface area contributed by atoms with E-state index in [0.717, 1.165) is 15.6 Å². The molecule has 5 nitrogen and oxygen atoms in total. The summed E-state index contributed by atoms with van der Waals surface area (Å²) < 4.78 is 8.26. The Morgan fingerprint density at radius 3 is 3.00 bits per heavy atom. The first kappa shape index (κ1) is 13.3. The second-order valence-corrected chi connectivity index (χ2v) is 5.46. The maximum absolute atomic E-state index is 6.12. The molecule has 0 saturated heterocycles. The largest absolute Gasteiger partial charge is 0.486 e. The summed E-state index contributed by atoms with van der Waals surface area (Å²) in [6, 6.07) is 7.58. The van der Waals surface area contributed by atoms with Gasteiger partial charge in [0.25, 0.3) is 0 Å². The Labute approximate surface area is 128 Å². The summed E-state index contributed by atoms with van der Waals surface area (Å²) in [4.78, 5) is 8.62. The molecule has 1 aromatic carbocycles. The third-order valence-corrected chi connectivity index (χ3v) is 3.54. The number of rotatable bonds is 3. The van der Waals surface area contributed by atoms with Crippen molar-refractivity contribution >= 4 is 38.6 Å². The molecule has 0 saturated carbocycles. The quantitative estimate of drug-likeness (QED) is 0.678. The van der Waals surface area contributed by atoms with E-state index in [0.29, 0.717) is 16.6 Å². The molecular formula is C13H10BrClN4O. The fourth-order valence-corrected chi connectivity index (χ4v) is 2.41. The third-order valence-electron chi connectivity index (χ3n) is 2.76. The molecule has 0 spiro atoms. The summed E-state index contributed by atoms with van der Waals surface area (Å²) >= 11 is 9.51. The molecule has 0 aliphatic rings. The fraction of sp³-hybridized carbons (Fsp3) is 0.154. The van der Waals surface area contributed by atoms with Crippen molar-refractivity contribution in [3.05, 3.63) is 45.9 Å². The van der Waals surface area contributed by atoms with Gasteiger partial charge in [0.1, 0.15) is 17.5 Å². The van der Waals surface area contributed by atoms with Crippen LogP contribution in [0.3, 0.4) is 0 Å².